The van der Waals surface area contributed by atoms with Gasteiger partial charge in [-0.25, -0.2) is 8.42 Å². The SMILES string of the molecule is COc1ccc(S(=O)(=O)N2CCN(C(=O)c3cn(C)nc3C3CC3)CC2)cc1. The lowest BCUT2D eigenvalue weighted by Crippen LogP contribution is -2.50. The zero-order chi connectivity index (χ0) is 19.9. The molecule has 1 aliphatic carbocycles. The first-order valence-electron chi connectivity index (χ1n) is 9.37. The van der Waals surface area contributed by atoms with Gasteiger partial charge in [0.25, 0.3) is 5.91 Å². The van der Waals surface area contributed by atoms with Crippen LogP contribution in [0.4, 0.5) is 0 Å². The maximum Gasteiger partial charge on any atom is 0.257 e. The maximum atomic E-state index is 13.0. The van der Waals surface area contributed by atoms with Crippen LogP contribution in [0.2, 0.25) is 0 Å². The first-order chi connectivity index (χ1) is 13.4. The van der Waals surface area contributed by atoms with E-state index < -0.39 is 10.0 Å². The summed E-state index contributed by atoms with van der Waals surface area (Å²) in [5.74, 6) is 0.936. The Labute approximate surface area is 164 Å². The number of hydrogen-bond donors (Lipinski definition) is 0. The molecule has 1 aliphatic heterocycles. The molecule has 0 radical (unpaired) electrons. The van der Waals surface area contributed by atoms with Gasteiger partial charge in [0.15, 0.2) is 0 Å². The van der Waals surface area contributed by atoms with Crippen molar-refractivity contribution in [2.24, 2.45) is 7.05 Å². The van der Waals surface area contributed by atoms with Crippen LogP contribution in [0, 0.1) is 0 Å². The molecule has 150 valence electrons. The molecule has 1 saturated heterocycles. The van der Waals surface area contributed by atoms with Crippen LogP contribution < -0.4 is 4.74 Å². The number of rotatable bonds is 5. The van der Waals surface area contributed by atoms with Gasteiger partial charge in [0, 0.05) is 45.3 Å². The zero-order valence-electron chi connectivity index (χ0n) is 16.0. The van der Waals surface area contributed by atoms with Gasteiger partial charge in [-0.05, 0) is 37.1 Å². The molecule has 1 aromatic heterocycles. The van der Waals surface area contributed by atoms with Gasteiger partial charge in [-0.3, -0.25) is 9.48 Å². The minimum Gasteiger partial charge on any atom is -0.497 e. The molecule has 0 spiro atoms. The Bertz CT molecular complexity index is 972. The molecule has 2 aromatic rings. The molecule has 2 aliphatic rings. The normalized spacial score (nSPS) is 18.3. The average molecular weight is 404 g/mol. The highest BCUT2D eigenvalue weighted by Crippen LogP contribution is 2.41. The number of aryl methyl sites for hydroxylation is 1. The summed E-state index contributed by atoms with van der Waals surface area (Å²) in [6, 6.07) is 6.36. The van der Waals surface area contributed by atoms with Gasteiger partial charge >= 0.3 is 0 Å². The van der Waals surface area contributed by atoms with Gasteiger partial charge in [-0.15, -0.1) is 0 Å². The summed E-state index contributed by atoms with van der Waals surface area (Å²) in [7, 11) is -0.225. The van der Waals surface area contributed by atoms with Gasteiger partial charge in [0.2, 0.25) is 10.0 Å². The number of piperazine rings is 1. The lowest BCUT2D eigenvalue weighted by Gasteiger charge is -2.34. The summed E-state index contributed by atoms with van der Waals surface area (Å²) in [6.07, 6.45) is 3.92. The van der Waals surface area contributed by atoms with Crippen LogP contribution in [0.25, 0.3) is 0 Å². The largest absolute Gasteiger partial charge is 0.497 e. The summed E-state index contributed by atoms with van der Waals surface area (Å²) in [6.45, 7) is 1.29. The summed E-state index contributed by atoms with van der Waals surface area (Å²) < 4.78 is 33.9. The van der Waals surface area contributed by atoms with E-state index in [2.05, 4.69) is 5.10 Å². The van der Waals surface area contributed by atoms with E-state index in [0.29, 0.717) is 30.3 Å². The predicted molar refractivity (Wildman–Crippen MR) is 103 cm³/mol. The second-order valence-corrected chi connectivity index (χ2v) is 9.19. The number of carbonyl (C=O) groups is 1. The second-order valence-electron chi connectivity index (χ2n) is 7.25. The minimum absolute atomic E-state index is 0.0588. The molecule has 9 heteroatoms. The monoisotopic (exact) mass is 404 g/mol. The average Bonchev–Trinajstić information content (AvgIpc) is 3.49. The van der Waals surface area contributed by atoms with Crippen LogP contribution in [0.5, 0.6) is 5.75 Å². The van der Waals surface area contributed by atoms with Crippen molar-refractivity contribution in [2.75, 3.05) is 33.3 Å². The Kier molecular flexibility index (Phi) is 4.88. The molecule has 4 rings (SSSR count). The van der Waals surface area contributed by atoms with Crippen molar-refractivity contribution < 1.29 is 17.9 Å². The van der Waals surface area contributed by atoms with Crippen LogP contribution in [-0.4, -0.2) is 66.6 Å². The van der Waals surface area contributed by atoms with Crippen LogP contribution >= 0.6 is 0 Å². The van der Waals surface area contributed by atoms with E-state index in [1.165, 1.54) is 11.4 Å². The smallest absolute Gasteiger partial charge is 0.257 e. The maximum absolute atomic E-state index is 13.0. The Morgan fingerprint density at radius 1 is 1.11 bits per heavy atom. The van der Waals surface area contributed by atoms with Gasteiger partial charge in [0.05, 0.1) is 23.3 Å². The minimum atomic E-state index is -3.58. The molecule has 2 fully saturated rings. The molecule has 0 bridgehead atoms. The third-order valence-corrected chi connectivity index (χ3v) is 7.19. The molecule has 0 unspecified atom stereocenters. The number of methoxy groups -OCH3 is 1. The van der Waals surface area contributed by atoms with Crippen LogP contribution in [-0.2, 0) is 17.1 Å². The van der Waals surface area contributed by atoms with E-state index in [-0.39, 0.29) is 23.9 Å². The highest BCUT2D eigenvalue weighted by Gasteiger charge is 2.35. The Balaban J connectivity index is 1.44. The molecule has 28 heavy (non-hydrogen) atoms. The number of amides is 1. The lowest BCUT2D eigenvalue weighted by atomic mass is 10.1. The topological polar surface area (TPSA) is 84.7 Å². The molecule has 0 N–H and O–H groups in total. The first kappa shape index (κ1) is 18.9. The molecule has 1 amide bonds. The number of aromatic nitrogens is 2. The van der Waals surface area contributed by atoms with E-state index in [0.717, 1.165) is 18.5 Å². The Morgan fingerprint density at radius 3 is 2.32 bits per heavy atom. The van der Waals surface area contributed by atoms with E-state index in [1.54, 1.807) is 40.0 Å². The molecule has 1 aromatic carbocycles. The van der Waals surface area contributed by atoms with Crippen LogP contribution in [0.15, 0.2) is 35.4 Å². The first-order valence-corrected chi connectivity index (χ1v) is 10.8. The number of carbonyl (C=O) groups excluding carboxylic acids is 1. The van der Waals surface area contributed by atoms with Crippen molar-refractivity contribution in [3.8, 4) is 5.75 Å². The summed E-state index contributed by atoms with van der Waals surface area (Å²) in [5, 5.41) is 4.45. The van der Waals surface area contributed by atoms with Gasteiger partial charge in [-0.2, -0.15) is 9.40 Å². The van der Waals surface area contributed by atoms with E-state index in [9.17, 15) is 13.2 Å². The lowest BCUT2D eigenvalue weighted by molar-refractivity contribution is 0.0696. The summed E-state index contributed by atoms with van der Waals surface area (Å²) >= 11 is 0. The zero-order valence-corrected chi connectivity index (χ0v) is 16.9. The van der Waals surface area contributed by atoms with E-state index in [1.807, 2.05) is 7.05 Å². The Morgan fingerprint density at radius 2 is 1.75 bits per heavy atom. The van der Waals surface area contributed by atoms with Crippen molar-refractivity contribution in [2.45, 2.75) is 23.7 Å². The number of nitrogens with zero attached hydrogens (tertiary/aromatic N) is 4. The van der Waals surface area contributed by atoms with Crippen LogP contribution in [0.3, 0.4) is 0 Å². The van der Waals surface area contributed by atoms with Crippen molar-refractivity contribution in [3.05, 3.63) is 41.7 Å². The molecule has 0 atom stereocenters. The van der Waals surface area contributed by atoms with Gasteiger partial charge in [-0.1, -0.05) is 0 Å². The van der Waals surface area contributed by atoms with Crippen molar-refractivity contribution >= 4 is 15.9 Å². The molecular weight excluding hydrogens is 380 g/mol. The Hall–Kier alpha value is -2.39. The highest BCUT2D eigenvalue weighted by molar-refractivity contribution is 7.89. The number of benzene rings is 1. The fraction of sp³-hybridized carbons (Fsp3) is 0.474. The predicted octanol–water partition coefficient (Wildman–Crippen LogP) is 1.45. The standard InChI is InChI=1S/C19H24N4O4S/c1-21-13-17(18(20-21)14-3-4-14)19(24)22-9-11-23(12-10-22)28(25,26)16-7-5-15(27-2)6-8-16/h5-8,13-14H,3-4,9-12H2,1-2H3. The molecule has 2 heterocycles. The number of sulfonamides is 1. The fourth-order valence-electron chi connectivity index (χ4n) is 3.53. The quantitative estimate of drug-likeness (QED) is 0.753. The molecule has 1 saturated carbocycles. The van der Waals surface area contributed by atoms with E-state index >= 15 is 0 Å². The van der Waals surface area contributed by atoms with Crippen molar-refractivity contribution in [1.29, 1.82) is 0 Å². The third kappa shape index (κ3) is 3.51. The van der Waals surface area contributed by atoms with E-state index in [4.69, 9.17) is 4.74 Å². The fourth-order valence-corrected chi connectivity index (χ4v) is 4.95. The van der Waals surface area contributed by atoms with Crippen molar-refractivity contribution in [3.63, 3.8) is 0 Å². The number of ether oxygens (including phenoxy) is 1. The number of hydrogen-bond acceptors (Lipinski definition) is 5. The molecular formula is C19H24N4O4S. The highest BCUT2D eigenvalue weighted by atomic mass is 32.2. The van der Waals surface area contributed by atoms with Gasteiger partial charge in [0.1, 0.15) is 5.75 Å². The second kappa shape index (κ2) is 7.21. The van der Waals surface area contributed by atoms with Crippen LogP contribution in [0.1, 0.15) is 34.8 Å². The third-order valence-electron chi connectivity index (χ3n) is 5.27. The van der Waals surface area contributed by atoms with Gasteiger partial charge < -0.3 is 9.64 Å². The summed E-state index contributed by atoms with van der Waals surface area (Å²) in [4.78, 5) is 14.9. The van der Waals surface area contributed by atoms with Crippen molar-refractivity contribution in [1.82, 2.24) is 19.0 Å². The summed E-state index contributed by atoms with van der Waals surface area (Å²) in [5.41, 5.74) is 1.53. The molecule has 8 nitrogen and oxygen atoms in total.